The lowest BCUT2D eigenvalue weighted by Crippen LogP contribution is -2.44. The summed E-state index contributed by atoms with van der Waals surface area (Å²) >= 11 is 3.46. The fourth-order valence-electron chi connectivity index (χ4n) is 2.00. The second-order valence-corrected chi connectivity index (χ2v) is 7.11. The minimum Gasteiger partial charge on any atom is -0.378 e. The Hall–Kier alpha value is -1.03. The topological polar surface area (TPSA) is 32.3 Å². The van der Waals surface area contributed by atoms with Crippen LogP contribution in [0.2, 0.25) is 0 Å². The molecule has 0 saturated heterocycles. The number of hydrogen-bond donors (Lipinski definition) is 1. The van der Waals surface area contributed by atoms with E-state index in [4.69, 9.17) is 0 Å². The molecule has 1 rings (SSSR count). The Morgan fingerprint density at radius 2 is 2.00 bits per heavy atom. The van der Waals surface area contributed by atoms with Crippen LogP contribution in [0.5, 0.6) is 0 Å². The number of benzene rings is 1. The predicted octanol–water partition coefficient (Wildman–Crippen LogP) is 3.68. The smallest absolute Gasteiger partial charge is 0.251 e. The summed E-state index contributed by atoms with van der Waals surface area (Å²) in [5, 5.41) is 4.03. The van der Waals surface area contributed by atoms with Gasteiger partial charge in [-0.25, -0.2) is 0 Å². The van der Waals surface area contributed by atoms with Gasteiger partial charge < -0.3 is 10.2 Å². The molecule has 0 aliphatic heterocycles. The highest BCUT2D eigenvalue weighted by Crippen LogP contribution is 2.23. The normalized spacial score (nSPS) is 12.9. The third-order valence-electron chi connectivity index (χ3n) is 3.37. The molecule has 3 nitrogen and oxygen atoms in total. The average molecular weight is 341 g/mol. The molecule has 0 aliphatic carbocycles. The third kappa shape index (κ3) is 4.82. The van der Waals surface area contributed by atoms with Crippen LogP contribution in [-0.2, 0) is 0 Å². The van der Waals surface area contributed by atoms with Crippen molar-refractivity contribution in [3.8, 4) is 0 Å². The summed E-state index contributed by atoms with van der Waals surface area (Å²) < 4.78 is 0. The molecule has 1 unspecified atom stereocenters. The monoisotopic (exact) mass is 340 g/mol. The van der Waals surface area contributed by atoms with E-state index in [2.05, 4.69) is 42.0 Å². The molecule has 1 amide bonds. The van der Waals surface area contributed by atoms with Crippen molar-refractivity contribution in [1.29, 1.82) is 0 Å². The first-order chi connectivity index (χ1) is 9.25. The van der Waals surface area contributed by atoms with Crippen LogP contribution in [0.3, 0.4) is 0 Å². The van der Waals surface area contributed by atoms with Gasteiger partial charge in [-0.1, -0.05) is 42.8 Å². The molecule has 0 saturated carbocycles. The zero-order valence-electron chi connectivity index (χ0n) is 13.0. The molecule has 0 spiro atoms. The van der Waals surface area contributed by atoms with E-state index in [-0.39, 0.29) is 17.4 Å². The molecule has 4 heteroatoms. The summed E-state index contributed by atoms with van der Waals surface area (Å²) in [7, 11) is 3.94. The van der Waals surface area contributed by atoms with Crippen LogP contribution in [0.25, 0.3) is 0 Å². The van der Waals surface area contributed by atoms with Gasteiger partial charge in [-0.15, -0.1) is 0 Å². The first-order valence-corrected chi connectivity index (χ1v) is 8.02. The fourth-order valence-corrected chi connectivity index (χ4v) is 2.46. The summed E-state index contributed by atoms with van der Waals surface area (Å²) in [5.41, 5.74) is 1.79. The summed E-state index contributed by atoms with van der Waals surface area (Å²) in [6.45, 7) is 6.45. The molecule has 112 valence electrons. The highest BCUT2D eigenvalue weighted by molar-refractivity contribution is 9.09. The van der Waals surface area contributed by atoms with Gasteiger partial charge in [-0.2, -0.15) is 0 Å². The van der Waals surface area contributed by atoms with E-state index < -0.39 is 0 Å². The Morgan fingerprint density at radius 3 is 2.50 bits per heavy atom. The van der Waals surface area contributed by atoms with Crippen molar-refractivity contribution < 1.29 is 4.79 Å². The van der Waals surface area contributed by atoms with Crippen LogP contribution in [0.15, 0.2) is 24.3 Å². The highest BCUT2D eigenvalue weighted by Gasteiger charge is 2.25. The SMILES string of the molecule is CN(C)c1cccc(C(=O)NC(CCBr)C(C)(C)C)c1. The van der Waals surface area contributed by atoms with Gasteiger partial charge in [-0.05, 0) is 30.0 Å². The van der Waals surface area contributed by atoms with E-state index in [0.29, 0.717) is 5.56 Å². The van der Waals surface area contributed by atoms with E-state index in [1.54, 1.807) is 0 Å². The van der Waals surface area contributed by atoms with Crippen molar-refractivity contribution in [3.05, 3.63) is 29.8 Å². The first-order valence-electron chi connectivity index (χ1n) is 6.90. The van der Waals surface area contributed by atoms with E-state index in [1.165, 1.54) is 0 Å². The Morgan fingerprint density at radius 1 is 1.35 bits per heavy atom. The van der Waals surface area contributed by atoms with Crippen LogP contribution in [0, 0.1) is 5.41 Å². The van der Waals surface area contributed by atoms with Crippen molar-refractivity contribution in [3.63, 3.8) is 0 Å². The molecule has 0 aliphatic rings. The number of alkyl halides is 1. The lowest BCUT2D eigenvalue weighted by atomic mass is 9.85. The number of rotatable bonds is 5. The standard InChI is InChI=1S/C16H25BrN2O/c1-16(2,3)14(9-10-17)18-15(20)12-7-6-8-13(11-12)19(4)5/h6-8,11,14H,9-10H2,1-5H3,(H,18,20). The van der Waals surface area contributed by atoms with Crippen LogP contribution >= 0.6 is 15.9 Å². The van der Waals surface area contributed by atoms with Crippen molar-refractivity contribution in [1.82, 2.24) is 5.32 Å². The number of anilines is 1. The van der Waals surface area contributed by atoms with Crippen molar-refractivity contribution in [2.75, 3.05) is 24.3 Å². The van der Waals surface area contributed by atoms with Gasteiger partial charge in [0.2, 0.25) is 0 Å². The number of nitrogens with one attached hydrogen (secondary N) is 1. The molecular weight excluding hydrogens is 316 g/mol. The van der Waals surface area contributed by atoms with E-state index in [1.807, 2.05) is 43.3 Å². The Labute approximate surface area is 130 Å². The Kier molecular flexibility index (Phi) is 6.06. The molecule has 1 N–H and O–H groups in total. The molecule has 1 aromatic rings. The maximum atomic E-state index is 12.4. The van der Waals surface area contributed by atoms with Gasteiger partial charge in [0.1, 0.15) is 0 Å². The highest BCUT2D eigenvalue weighted by atomic mass is 79.9. The maximum absolute atomic E-state index is 12.4. The van der Waals surface area contributed by atoms with Gasteiger partial charge in [0.15, 0.2) is 0 Å². The van der Waals surface area contributed by atoms with Crippen LogP contribution in [-0.4, -0.2) is 31.4 Å². The largest absolute Gasteiger partial charge is 0.378 e. The van der Waals surface area contributed by atoms with Gasteiger partial charge in [0, 0.05) is 36.7 Å². The summed E-state index contributed by atoms with van der Waals surface area (Å²) in [6, 6.07) is 7.84. The minimum absolute atomic E-state index is 0.00502. The third-order valence-corrected chi connectivity index (χ3v) is 3.83. The van der Waals surface area contributed by atoms with E-state index >= 15 is 0 Å². The van der Waals surface area contributed by atoms with Crippen molar-refractivity contribution in [2.24, 2.45) is 5.41 Å². The van der Waals surface area contributed by atoms with Gasteiger partial charge in [0.05, 0.1) is 0 Å². The predicted molar refractivity (Wildman–Crippen MR) is 89.9 cm³/mol. The zero-order chi connectivity index (χ0) is 15.3. The number of halogens is 1. The van der Waals surface area contributed by atoms with Gasteiger partial charge in [-0.3, -0.25) is 4.79 Å². The minimum atomic E-state index is -0.00502. The number of nitrogens with zero attached hydrogens (tertiary/aromatic N) is 1. The maximum Gasteiger partial charge on any atom is 0.251 e. The Bertz CT molecular complexity index is 452. The van der Waals surface area contributed by atoms with Crippen LogP contribution in [0.1, 0.15) is 37.6 Å². The second-order valence-electron chi connectivity index (χ2n) is 6.31. The molecule has 0 aromatic heterocycles. The van der Waals surface area contributed by atoms with Crippen molar-refractivity contribution >= 4 is 27.5 Å². The van der Waals surface area contributed by atoms with Crippen molar-refractivity contribution in [2.45, 2.75) is 33.2 Å². The lowest BCUT2D eigenvalue weighted by molar-refractivity contribution is 0.0901. The van der Waals surface area contributed by atoms with Gasteiger partial charge in [0.25, 0.3) is 5.91 Å². The number of carbonyl (C=O) groups excluding carboxylic acids is 1. The summed E-state index contributed by atoms with van der Waals surface area (Å²) in [4.78, 5) is 14.4. The molecule has 20 heavy (non-hydrogen) atoms. The number of amides is 1. The molecule has 1 aromatic carbocycles. The second kappa shape index (κ2) is 7.11. The summed E-state index contributed by atoms with van der Waals surface area (Å²) in [5.74, 6) is -0.00502. The number of carbonyl (C=O) groups is 1. The van der Waals surface area contributed by atoms with Gasteiger partial charge >= 0.3 is 0 Å². The first kappa shape index (κ1) is 17.0. The Balaban J connectivity index is 2.86. The van der Waals surface area contributed by atoms with E-state index in [9.17, 15) is 4.79 Å². The number of hydrogen-bond acceptors (Lipinski definition) is 2. The molecule has 0 heterocycles. The fraction of sp³-hybridized carbons (Fsp3) is 0.562. The molecular formula is C16H25BrN2O. The molecule has 1 atom stereocenters. The lowest BCUT2D eigenvalue weighted by Gasteiger charge is -2.31. The van der Waals surface area contributed by atoms with Crippen LogP contribution < -0.4 is 10.2 Å². The zero-order valence-corrected chi connectivity index (χ0v) is 14.6. The molecule has 0 fully saturated rings. The summed E-state index contributed by atoms with van der Waals surface area (Å²) in [6.07, 6.45) is 0.919. The van der Waals surface area contributed by atoms with Crippen LogP contribution in [0.4, 0.5) is 5.69 Å². The molecule has 0 bridgehead atoms. The van der Waals surface area contributed by atoms with E-state index in [0.717, 1.165) is 17.4 Å². The molecule has 0 radical (unpaired) electrons. The quantitative estimate of drug-likeness (QED) is 0.829. The average Bonchev–Trinajstić information content (AvgIpc) is 2.37.